The second-order valence-electron chi connectivity index (χ2n) is 6.80. The third kappa shape index (κ3) is 4.89. The number of nitrogens with zero attached hydrogens (tertiary/aromatic N) is 3. The summed E-state index contributed by atoms with van der Waals surface area (Å²) in [6.07, 6.45) is 3.28. The van der Waals surface area contributed by atoms with Crippen molar-refractivity contribution < 1.29 is 18.0 Å². The van der Waals surface area contributed by atoms with Crippen molar-refractivity contribution in [3.63, 3.8) is 0 Å². The molecular weight excluding hydrogens is 370 g/mol. The van der Waals surface area contributed by atoms with Crippen molar-refractivity contribution in [3.05, 3.63) is 24.3 Å². The minimum atomic E-state index is -3.76. The number of primary sulfonamides is 1. The standard InChI is InChI=1S/C17H25N5O4S/c18-27(25,26)15-6-4-14(5-7-15)19-16(23)20-10-12-22(13-11-20)17(24)21-8-2-1-3-9-21/h4-7H,1-3,8-13H2,(H,19,23)(H2,18,25,26). The maximum Gasteiger partial charge on any atom is 0.321 e. The number of amides is 4. The number of nitrogens with one attached hydrogen (secondary N) is 1. The van der Waals surface area contributed by atoms with Crippen LogP contribution in [0.3, 0.4) is 0 Å². The summed E-state index contributed by atoms with van der Waals surface area (Å²) in [5.74, 6) is 0. The molecule has 0 unspecified atom stereocenters. The Morgan fingerprint density at radius 1 is 0.815 bits per heavy atom. The topological polar surface area (TPSA) is 116 Å². The molecule has 148 valence electrons. The maximum atomic E-state index is 12.5. The van der Waals surface area contributed by atoms with E-state index >= 15 is 0 Å². The van der Waals surface area contributed by atoms with Gasteiger partial charge in [-0.15, -0.1) is 0 Å². The predicted octanol–water partition coefficient (Wildman–Crippen LogP) is 1.09. The number of likely N-dealkylation sites (tertiary alicyclic amines) is 1. The van der Waals surface area contributed by atoms with Gasteiger partial charge in [0.05, 0.1) is 4.90 Å². The van der Waals surface area contributed by atoms with Gasteiger partial charge in [0.15, 0.2) is 0 Å². The SMILES string of the molecule is NS(=O)(=O)c1ccc(NC(=O)N2CCN(C(=O)N3CCCCC3)CC2)cc1. The van der Waals surface area contributed by atoms with Crippen molar-refractivity contribution >= 4 is 27.8 Å². The zero-order valence-electron chi connectivity index (χ0n) is 15.1. The number of urea groups is 2. The molecule has 2 saturated heterocycles. The van der Waals surface area contributed by atoms with Crippen molar-refractivity contribution in [2.24, 2.45) is 5.14 Å². The van der Waals surface area contributed by atoms with E-state index in [0.717, 1.165) is 25.9 Å². The zero-order chi connectivity index (χ0) is 19.4. The van der Waals surface area contributed by atoms with E-state index < -0.39 is 10.0 Å². The predicted molar refractivity (Wildman–Crippen MR) is 101 cm³/mol. The number of hydrogen-bond donors (Lipinski definition) is 2. The number of benzene rings is 1. The van der Waals surface area contributed by atoms with Crippen LogP contribution >= 0.6 is 0 Å². The lowest BCUT2D eigenvalue weighted by molar-refractivity contribution is 0.116. The lowest BCUT2D eigenvalue weighted by Crippen LogP contribution is -2.55. The summed E-state index contributed by atoms with van der Waals surface area (Å²) in [6.45, 7) is 3.56. The van der Waals surface area contributed by atoms with Crippen LogP contribution in [0, 0.1) is 0 Å². The van der Waals surface area contributed by atoms with Crippen LogP contribution in [-0.2, 0) is 10.0 Å². The number of anilines is 1. The molecule has 0 spiro atoms. The smallest absolute Gasteiger partial charge is 0.321 e. The molecule has 2 aliphatic rings. The summed E-state index contributed by atoms with van der Waals surface area (Å²) in [5.41, 5.74) is 0.485. The molecule has 1 aromatic carbocycles. The highest BCUT2D eigenvalue weighted by molar-refractivity contribution is 7.89. The first kappa shape index (κ1) is 19.4. The summed E-state index contributed by atoms with van der Waals surface area (Å²) < 4.78 is 22.5. The van der Waals surface area contributed by atoms with E-state index in [9.17, 15) is 18.0 Å². The highest BCUT2D eigenvalue weighted by Gasteiger charge is 2.27. The Bertz CT molecular complexity index is 782. The fourth-order valence-electron chi connectivity index (χ4n) is 3.32. The fraction of sp³-hybridized carbons (Fsp3) is 0.529. The van der Waals surface area contributed by atoms with Crippen LogP contribution in [0.1, 0.15) is 19.3 Å². The Labute approximate surface area is 159 Å². The summed E-state index contributed by atoms with van der Waals surface area (Å²) in [7, 11) is -3.76. The van der Waals surface area contributed by atoms with Crippen molar-refractivity contribution in [1.29, 1.82) is 0 Å². The molecule has 10 heteroatoms. The largest absolute Gasteiger partial charge is 0.325 e. The van der Waals surface area contributed by atoms with Gasteiger partial charge in [-0.05, 0) is 43.5 Å². The molecule has 2 heterocycles. The van der Waals surface area contributed by atoms with Gasteiger partial charge in [0, 0.05) is 45.0 Å². The molecule has 2 fully saturated rings. The first-order valence-corrected chi connectivity index (χ1v) is 10.6. The number of sulfonamides is 1. The van der Waals surface area contributed by atoms with E-state index in [1.54, 1.807) is 9.80 Å². The number of rotatable bonds is 2. The van der Waals surface area contributed by atoms with E-state index in [1.807, 2.05) is 4.90 Å². The van der Waals surface area contributed by atoms with Crippen LogP contribution < -0.4 is 10.5 Å². The van der Waals surface area contributed by atoms with E-state index in [0.29, 0.717) is 31.9 Å². The van der Waals surface area contributed by atoms with Crippen LogP contribution in [0.4, 0.5) is 15.3 Å². The zero-order valence-corrected chi connectivity index (χ0v) is 16.0. The Balaban J connectivity index is 1.50. The molecule has 4 amide bonds. The third-order valence-corrected chi connectivity index (χ3v) is 5.83. The minimum absolute atomic E-state index is 0.00895. The third-order valence-electron chi connectivity index (χ3n) is 4.90. The normalized spacial score (nSPS) is 18.3. The maximum absolute atomic E-state index is 12.5. The number of piperidine rings is 1. The van der Waals surface area contributed by atoms with E-state index in [1.165, 1.54) is 30.7 Å². The molecule has 0 aromatic heterocycles. The fourth-order valence-corrected chi connectivity index (χ4v) is 3.83. The van der Waals surface area contributed by atoms with Crippen molar-refractivity contribution in [2.75, 3.05) is 44.6 Å². The number of hydrogen-bond acceptors (Lipinski definition) is 4. The first-order valence-electron chi connectivity index (χ1n) is 9.07. The molecule has 0 saturated carbocycles. The molecule has 0 bridgehead atoms. The van der Waals surface area contributed by atoms with Gasteiger partial charge >= 0.3 is 12.1 Å². The average Bonchev–Trinajstić information content (AvgIpc) is 2.68. The second-order valence-corrected chi connectivity index (χ2v) is 8.37. The lowest BCUT2D eigenvalue weighted by Gasteiger charge is -2.38. The number of carbonyl (C=O) groups excluding carboxylic acids is 2. The van der Waals surface area contributed by atoms with E-state index in [2.05, 4.69) is 5.32 Å². The molecule has 0 atom stereocenters. The molecule has 1 aromatic rings. The van der Waals surface area contributed by atoms with Crippen LogP contribution in [0.25, 0.3) is 0 Å². The second kappa shape index (κ2) is 8.13. The van der Waals surface area contributed by atoms with Crippen molar-refractivity contribution in [1.82, 2.24) is 14.7 Å². The van der Waals surface area contributed by atoms with Gasteiger partial charge in [0.2, 0.25) is 10.0 Å². The quantitative estimate of drug-likeness (QED) is 0.780. The van der Waals surface area contributed by atoms with Gasteiger partial charge in [-0.2, -0.15) is 0 Å². The number of nitrogens with two attached hydrogens (primary N) is 1. The lowest BCUT2D eigenvalue weighted by atomic mass is 10.1. The highest BCUT2D eigenvalue weighted by Crippen LogP contribution is 2.15. The molecule has 2 aliphatic heterocycles. The van der Waals surface area contributed by atoms with E-state index in [4.69, 9.17) is 5.14 Å². The van der Waals surface area contributed by atoms with Crippen LogP contribution in [0.2, 0.25) is 0 Å². The monoisotopic (exact) mass is 395 g/mol. The average molecular weight is 395 g/mol. The summed E-state index contributed by atoms with van der Waals surface area (Å²) >= 11 is 0. The minimum Gasteiger partial charge on any atom is -0.325 e. The molecule has 27 heavy (non-hydrogen) atoms. The summed E-state index contributed by atoms with van der Waals surface area (Å²) in [6, 6.07) is 5.47. The van der Waals surface area contributed by atoms with Gasteiger partial charge in [0.1, 0.15) is 0 Å². The molecule has 9 nitrogen and oxygen atoms in total. The number of carbonyl (C=O) groups is 2. The molecule has 3 N–H and O–H groups in total. The number of piperazine rings is 1. The Hall–Kier alpha value is -2.33. The van der Waals surface area contributed by atoms with Crippen LogP contribution in [-0.4, -0.2) is 74.4 Å². The Morgan fingerprint density at radius 3 is 1.89 bits per heavy atom. The Morgan fingerprint density at radius 2 is 1.33 bits per heavy atom. The molecule has 3 rings (SSSR count). The van der Waals surface area contributed by atoms with Gasteiger partial charge in [0.25, 0.3) is 0 Å². The Kier molecular flexibility index (Phi) is 5.85. The van der Waals surface area contributed by atoms with Crippen molar-refractivity contribution in [2.45, 2.75) is 24.2 Å². The molecule has 0 radical (unpaired) electrons. The van der Waals surface area contributed by atoms with Gasteiger partial charge in [-0.3, -0.25) is 0 Å². The van der Waals surface area contributed by atoms with E-state index in [-0.39, 0.29) is 17.0 Å². The van der Waals surface area contributed by atoms with Crippen LogP contribution in [0.5, 0.6) is 0 Å². The summed E-state index contributed by atoms with van der Waals surface area (Å²) in [5, 5.41) is 7.79. The van der Waals surface area contributed by atoms with Crippen LogP contribution in [0.15, 0.2) is 29.2 Å². The first-order chi connectivity index (χ1) is 12.8. The van der Waals surface area contributed by atoms with Gasteiger partial charge in [-0.1, -0.05) is 0 Å². The van der Waals surface area contributed by atoms with Gasteiger partial charge in [-0.25, -0.2) is 23.1 Å². The highest BCUT2D eigenvalue weighted by atomic mass is 32.2. The van der Waals surface area contributed by atoms with Crippen molar-refractivity contribution in [3.8, 4) is 0 Å². The molecule has 0 aliphatic carbocycles. The molecular formula is C17H25N5O4S. The summed E-state index contributed by atoms with van der Waals surface area (Å²) in [4.78, 5) is 30.2. The van der Waals surface area contributed by atoms with Gasteiger partial charge < -0.3 is 20.0 Å².